The van der Waals surface area contributed by atoms with Gasteiger partial charge in [-0.05, 0) is 37.5 Å². The van der Waals surface area contributed by atoms with Crippen LogP contribution in [-0.2, 0) is 14.3 Å². The molecule has 0 saturated heterocycles. The third-order valence-corrected chi connectivity index (χ3v) is 5.04. The summed E-state index contributed by atoms with van der Waals surface area (Å²) in [5, 5.41) is 0.538. The first-order chi connectivity index (χ1) is 14.1. The molecule has 1 rings (SSSR count). The molecule has 1 aromatic carbocycles. The summed E-state index contributed by atoms with van der Waals surface area (Å²) in [7, 11) is 0. The summed E-state index contributed by atoms with van der Waals surface area (Å²) in [5.74, 6) is 0.0499. The van der Waals surface area contributed by atoms with Gasteiger partial charge in [0.2, 0.25) is 0 Å². The van der Waals surface area contributed by atoms with Crippen molar-refractivity contribution in [3.8, 4) is 5.75 Å². The lowest BCUT2D eigenvalue weighted by molar-refractivity contribution is -0.143. The Labute approximate surface area is 181 Å². The maximum atomic E-state index is 11.8. The third-order valence-electron chi connectivity index (χ3n) is 4.80. The number of ether oxygens (including phenoxy) is 2. The van der Waals surface area contributed by atoms with Gasteiger partial charge < -0.3 is 9.47 Å². The van der Waals surface area contributed by atoms with Crippen molar-refractivity contribution in [2.24, 2.45) is 0 Å². The van der Waals surface area contributed by atoms with E-state index in [-0.39, 0.29) is 11.9 Å². The van der Waals surface area contributed by atoms with E-state index in [0.717, 1.165) is 25.7 Å². The fraction of sp³-hybridized carbons (Fsp3) is 0.667. The average Bonchev–Trinajstić information content (AvgIpc) is 2.69. The molecule has 0 aliphatic heterocycles. The first-order valence-electron chi connectivity index (χ1n) is 11.2. The Morgan fingerprint density at radius 2 is 1.38 bits per heavy atom. The Kier molecular flexibility index (Phi) is 15.2. The van der Waals surface area contributed by atoms with E-state index in [9.17, 15) is 9.59 Å². The van der Waals surface area contributed by atoms with E-state index in [2.05, 4.69) is 6.92 Å². The van der Waals surface area contributed by atoms with Crippen molar-refractivity contribution in [3.63, 3.8) is 0 Å². The van der Waals surface area contributed by atoms with Crippen LogP contribution < -0.4 is 4.74 Å². The molecule has 0 N–H and O–H groups in total. The highest BCUT2D eigenvalue weighted by Crippen LogP contribution is 2.18. The zero-order valence-corrected chi connectivity index (χ0v) is 18.7. The third kappa shape index (κ3) is 15.0. The number of hydrogen-bond donors (Lipinski definition) is 0. The molecule has 1 aromatic rings. The molecular formula is C24H37ClO4. The lowest BCUT2D eigenvalue weighted by atomic mass is 10.1. The minimum Gasteiger partial charge on any atom is -0.466 e. The topological polar surface area (TPSA) is 52.6 Å². The monoisotopic (exact) mass is 424 g/mol. The maximum absolute atomic E-state index is 11.8. The second-order valence-electron chi connectivity index (χ2n) is 7.54. The smallest absolute Gasteiger partial charge is 0.311 e. The van der Waals surface area contributed by atoms with Gasteiger partial charge in [-0.15, -0.1) is 0 Å². The molecule has 0 bridgehead atoms. The van der Waals surface area contributed by atoms with Gasteiger partial charge in [-0.25, -0.2) is 0 Å². The van der Waals surface area contributed by atoms with Crippen LogP contribution in [0.1, 0.15) is 96.8 Å². The van der Waals surface area contributed by atoms with Crippen LogP contribution in [0.4, 0.5) is 0 Å². The van der Waals surface area contributed by atoms with Gasteiger partial charge in [-0.1, -0.05) is 82.4 Å². The van der Waals surface area contributed by atoms with Gasteiger partial charge in [-0.2, -0.15) is 0 Å². The molecule has 0 unspecified atom stereocenters. The number of unbranched alkanes of at least 4 members (excludes halogenated alkanes) is 10. The molecular weight excluding hydrogens is 388 g/mol. The van der Waals surface area contributed by atoms with Gasteiger partial charge in [0, 0.05) is 17.9 Å². The molecule has 164 valence electrons. The Hall–Kier alpha value is -1.55. The zero-order chi connectivity index (χ0) is 21.2. The second kappa shape index (κ2) is 17.3. The Morgan fingerprint density at radius 3 is 2.03 bits per heavy atom. The number of rotatable bonds is 17. The van der Waals surface area contributed by atoms with E-state index < -0.39 is 0 Å². The summed E-state index contributed by atoms with van der Waals surface area (Å²) >= 11 is 5.86. The van der Waals surface area contributed by atoms with Crippen LogP contribution in [-0.4, -0.2) is 18.5 Å². The molecule has 0 atom stereocenters. The van der Waals surface area contributed by atoms with Crippen molar-refractivity contribution in [1.82, 2.24) is 0 Å². The summed E-state index contributed by atoms with van der Waals surface area (Å²) in [4.78, 5) is 23.5. The minimum absolute atomic E-state index is 0.133. The van der Waals surface area contributed by atoms with Gasteiger partial charge >= 0.3 is 11.9 Å². The van der Waals surface area contributed by atoms with Crippen molar-refractivity contribution in [3.05, 3.63) is 29.3 Å². The highest BCUT2D eigenvalue weighted by molar-refractivity contribution is 6.30. The highest BCUT2D eigenvalue weighted by Gasteiger charge is 2.07. The molecule has 0 amide bonds. The standard InChI is InChI=1S/C24H37ClO4/c1-2-3-4-5-6-7-8-9-13-19-28-23(26)17-11-10-12-18-24(27)29-22-16-14-15-21(25)20-22/h14-16,20H,2-13,17-19H2,1H3. The number of carbonyl (C=O) groups is 2. The Bertz CT molecular complexity index is 574. The number of halogens is 1. The quantitative estimate of drug-likeness (QED) is 0.150. The summed E-state index contributed by atoms with van der Waals surface area (Å²) in [6, 6.07) is 6.79. The predicted molar refractivity (Wildman–Crippen MR) is 118 cm³/mol. The molecule has 0 fully saturated rings. The van der Waals surface area contributed by atoms with Gasteiger partial charge in [0.25, 0.3) is 0 Å². The number of hydrogen-bond acceptors (Lipinski definition) is 4. The SMILES string of the molecule is CCCCCCCCCCCOC(=O)CCCCCC(=O)Oc1cccc(Cl)c1. The Balaban J connectivity index is 1.89. The lowest BCUT2D eigenvalue weighted by Gasteiger charge is -2.06. The van der Waals surface area contributed by atoms with E-state index in [4.69, 9.17) is 21.1 Å². The van der Waals surface area contributed by atoms with Crippen molar-refractivity contribution in [1.29, 1.82) is 0 Å². The first kappa shape index (κ1) is 25.5. The van der Waals surface area contributed by atoms with Gasteiger partial charge in [0.15, 0.2) is 0 Å². The van der Waals surface area contributed by atoms with Gasteiger partial charge in [0.1, 0.15) is 5.75 Å². The van der Waals surface area contributed by atoms with Crippen LogP contribution in [0, 0.1) is 0 Å². The molecule has 0 aliphatic rings. The predicted octanol–water partition coefficient (Wildman–Crippen LogP) is 7.27. The van der Waals surface area contributed by atoms with Crippen LogP contribution in [0.5, 0.6) is 5.75 Å². The molecule has 0 aromatic heterocycles. The molecule has 4 nitrogen and oxygen atoms in total. The number of esters is 2. The molecule has 0 aliphatic carbocycles. The van der Waals surface area contributed by atoms with Crippen molar-refractivity contribution >= 4 is 23.5 Å². The first-order valence-corrected chi connectivity index (χ1v) is 11.6. The van der Waals surface area contributed by atoms with Crippen LogP contribution in [0.25, 0.3) is 0 Å². The largest absolute Gasteiger partial charge is 0.466 e. The van der Waals surface area contributed by atoms with Crippen molar-refractivity contribution in [2.75, 3.05) is 6.61 Å². The Morgan fingerprint density at radius 1 is 0.793 bits per heavy atom. The molecule has 5 heteroatoms. The fourth-order valence-corrected chi connectivity index (χ4v) is 3.28. The lowest BCUT2D eigenvalue weighted by Crippen LogP contribution is -2.08. The number of carbonyl (C=O) groups excluding carboxylic acids is 2. The van der Waals surface area contributed by atoms with E-state index in [1.165, 1.54) is 44.9 Å². The zero-order valence-electron chi connectivity index (χ0n) is 17.9. The normalized spacial score (nSPS) is 10.7. The minimum atomic E-state index is -0.278. The van der Waals surface area contributed by atoms with Crippen LogP contribution in [0.3, 0.4) is 0 Å². The molecule has 0 radical (unpaired) electrons. The van der Waals surface area contributed by atoms with Gasteiger partial charge in [0.05, 0.1) is 6.61 Å². The number of benzene rings is 1. The van der Waals surface area contributed by atoms with Crippen molar-refractivity contribution in [2.45, 2.75) is 96.8 Å². The maximum Gasteiger partial charge on any atom is 0.311 e. The molecule has 0 heterocycles. The van der Waals surface area contributed by atoms with Gasteiger partial charge in [-0.3, -0.25) is 9.59 Å². The van der Waals surface area contributed by atoms with E-state index in [1.807, 2.05) is 0 Å². The summed E-state index contributed by atoms with van der Waals surface area (Å²) in [6.45, 7) is 2.77. The summed E-state index contributed by atoms with van der Waals surface area (Å²) in [5.41, 5.74) is 0. The van der Waals surface area contributed by atoms with Crippen LogP contribution in [0.15, 0.2) is 24.3 Å². The second-order valence-corrected chi connectivity index (χ2v) is 7.98. The molecule has 0 saturated carbocycles. The summed E-state index contributed by atoms with van der Waals surface area (Å²) in [6.07, 6.45) is 14.3. The van der Waals surface area contributed by atoms with E-state index in [1.54, 1.807) is 24.3 Å². The fourth-order valence-electron chi connectivity index (χ4n) is 3.10. The highest BCUT2D eigenvalue weighted by atomic mass is 35.5. The average molecular weight is 425 g/mol. The summed E-state index contributed by atoms with van der Waals surface area (Å²) < 4.78 is 10.5. The molecule has 0 spiro atoms. The van der Waals surface area contributed by atoms with Crippen LogP contribution >= 0.6 is 11.6 Å². The van der Waals surface area contributed by atoms with E-state index >= 15 is 0 Å². The molecule has 29 heavy (non-hydrogen) atoms. The van der Waals surface area contributed by atoms with Crippen molar-refractivity contribution < 1.29 is 19.1 Å². The van der Waals surface area contributed by atoms with Crippen LogP contribution in [0.2, 0.25) is 5.02 Å². The van der Waals surface area contributed by atoms with E-state index in [0.29, 0.717) is 36.6 Å².